The average Bonchev–Trinajstić information content (AvgIpc) is 3.07. The minimum Gasteiger partial charge on any atom is -0.478 e. The summed E-state index contributed by atoms with van der Waals surface area (Å²) >= 11 is 0. The fourth-order valence-electron chi connectivity index (χ4n) is 2.46. The number of nitrogens with zero attached hydrogens (tertiary/aromatic N) is 3. The summed E-state index contributed by atoms with van der Waals surface area (Å²) in [5.41, 5.74) is 4.01. The molecule has 10 heteroatoms. The summed E-state index contributed by atoms with van der Waals surface area (Å²) in [6.07, 6.45) is 2.81. The molecule has 25 heavy (non-hydrogen) atoms. The van der Waals surface area contributed by atoms with Crippen LogP contribution in [0.15, 0.2) is 41.7 Å². The lowest BCUT2D eigenvalue weighted by Crippen LogP contribution is -2.24. The monoisotopic (exact) mass is 341 g/mol. The van der Waals surface area contributed by atoms with Crippen LogP contribution < -0.4 is 11.3 Å². The van der Waals surface area contributed by atoms with Crippen molar-refractivity contribution in [2.45, 2.75) is 0 Å². The van der Waals surface area contributed by atoms with Gasteiger partial charge in [-0.1, -0.05) is 12.1 Å². The molecule has 0 aliphatic heterocycles. The molecule has 0 spiro atoms. The van der Waals surface area contributed by atoms with E-state index in [-0.39, 0.29) is 11.1 Å². The number of H-pyrrole nitrogens is 1. The van der Waals surface area contributed by atoms with Gasteiger partial charge in [-0.3, -0.25) is 4.79 Å². The summed E-state index contributed by atoms with van der Waals surface area (Å²) in [5.74, 6) is -3.43. The quantitative estimate of drug-likeness (QED) is 0.535. The first-order valence-corrected chi connectivity index (χ1v) is 6.88. The van der Waals surface area contributed by atoms with Crippen molar-refractivity contribution in [2.75, 3.05) is 5.73 Å². The van der Waals surface area contributed by atoms with Gasteiger partial charge in [-0.2, -0.15) is 5.10 Å². The first kappa shape index (κ1) is 15.9. The maximum Gasteiger partial charge on any atom is 0.342 e. The third kappa shape index (κ3) is 2.72. The Labute approximate surface area is 139 Å². The molecule has 3 rings (SSSR count). The van der Waals surface area contributed by atoms with Crippen LogP contribution in [0, 0.1) is 0 Å². The van der Waals surface area contributed by atoms with Gasteiger partial charge in [0, 0.05) is 5.56 Å². The zero-order valence-electron chi connectivity index (χ0n) is 12.5. The molecule has 0 unspecified atom stereocenters. The summed E-state index contributed by atoms with van der Waals surface area (Å²) in [6, 6.07) is 6.12. The van der Waals surface area contributed by atoms with Gasteiger partial charge in [-0.05, 0) is 17.7 Å². The number of nitrogen functional groups attached to an aromatic ring is 1. The summed E-state index contributed by atoms with van der Waals surface area (Å²) in [7, 11) is 0. The van der Waals surface area contributed by atoms with Crippen LogP contribution in [0.1, 0.15) is 20.7 Å². The maximum absolute atomic E-state index is 12.0. The van der Waals surface area contributed by atoms with Gasteiger partial charge in [-0.25, -0.2) is 19.3 Å². The second-order valence-corrected chi connectivity index (χ2v) is 4.99. The molecule has 0 aliphatic rings. The molecule has 0 atom stereocenters. The van der Waals surface area contributed by atoms with Crippen LogP contribution in [-0.2, 0) is 0 Å². The Bertz CT molecular complexity index is 1020. The number of carboxylic acids is 2. The average molecular weight is 341 g/mol. The molecular weight excluding hydrogens is 330 g/mol. The van der Waals surface area contributed by atoms with E-state index in [4.69, 9.17) is 5.73 Å². The fourth-order valence-corrected chi connectivity index (χ4v) is 2.46. The highest BCUT2D eigenvalue weighted by atomic mass is 16.4. The van der Waals surface area contributed by atoms with Crippen LogP contribution in [0.3, 0.4) is 0 Å². The zero-order valence-corrected chi connectivity index (χ0v) is 12.5. The van der Waals surface area contributed by atoms with Crippen LogP contribution in [0.5, 0.6) is 0 Å². The number of carboxylic acid groups (broad SMARTS) is 2. The first-order chi connectivity index (χ1) is 11.9. The minimum atomic E-state index is -1.56. The Morgan fingerprint density at radius 2 is 1.72 bits per heavy atom. The van der Waals surface area contributed by atoms with Gasteiger partial charge in [0.25, 0.3) is 5.56 Å². The van der Waals surface area contributed by atoms with Crippen LogP contribution in [0.25, 0.3) is 16.8 Å². The van der Waals surface area contributed by atoms with E-state index in [9.17, 15) is 24.6 Å². The lowest BCUT2D eigenvalue weighted by atomic mass is 9.95. The topological polar surface area (TPSA) is 164 Å². The molecule has 3 aromatic rings. The summed E-state index contributed by atoms with van der Waals surface area (Å²) in [6.45, 7) is 0. The third-order valence-electron chi connectivity index (χ3n) is 3.51. The van der Waals surface area contributed by atoms with E-state index >= 15 is 0 Å². The molecule has 0 bridgehead atoms. The molecule has 0 radical (unpaired) electrons. The number of hydrogen-bond acceptors (Lipinski definition) is 6. The molecule has 0 fully saturated rings. The second kappa shape index (κ2) is 5.92. The van der Waals surface area contributed by atoms with Gasteiger partial charge < -0.3 is 20.9 Å². The van der Waals surface area contributed by atoms with Gasteiger partial charge in [0.1, 0.15) is 29.6 Å². The van der Waals surface area contributed by atoms with E-state index in [1.807, 2.05) is 0 Å². The predicted molar refractivity (Wildman–Crippen MR) is 85.7 cm³/mol. The van der Waals surface area contributed by atoms with Crippen molar-refractivity contribution >= 4 is 17.8 Å². The van der Waals surface area contributed by atoms with Crippen molar-refractivity contribution in [1.82, 2.24) is 19.7 Å². The first-order valence-electron chi connectivity index (χ1n) is 6.88. The van der Waals surface area contributed by atoms with E-state index in [2.05, 4.69) is 15.1 Å². The van der Waals surface area contributed by atoms with E-state index in [1.165, 1.54) is 29.5 Å². The third-order valence-corrected chi connectivity index (χ3v) is 3.51. The number of aromatic amines is 1. The number of aromatic nitrogens is 4. The van der Waals surface area contributed by atoms with Crippen LogP contribution >= 0.6 is 0 Å². The number of benzene rings is 1. The summed E-state index contributed by atoms with van der Waals surface area (Å²) < 4.78 is 1.46. The van der Waals surface area contributed by atoms with Gasteiger partial charge in [0.05, 0.1) is 5.69 Å². The number of aromatic carboxylic acids is 2. The van der Waals surface area contributed by atoms with Gasteiger partial charge in [0.2, 0.25) is 0 Å². The molecule has 126 valence electrons. The van der Waals surface area contributed by atoms with Crippen LogP contribution in [0.2, 0.25) is 0 Å². The molecule has 0 saturated heterocycles. The number of rotatable bonds is 4. The number of nitrogens with one attached hydrogen (secondary N) is 1. The van der Waals surface area contributed by atoms with E-state index < -0.39 is 34.4 Å². The highest BCUT2D eigenvalue weighted by Crippen LogP contribution is 2.29. The van der Waals surface area contributed by atoms with Gasteiger partial charge in [0.15, 0.2) is 0 Å². The lowest BCUT2D eigenvalue weighted by molar-refractivity contribution is 0.0695. The predicted octanol–water partition coefficient (Wildman–Crippen LogP) is 0.601. The Morgan fingerprint density at radius 3 is 2.24 bits per heavy atom. The van der Waals surface area contributed by atoms with Crippen molar-refractivity contribution < 1.29 is 19.8 Å². The van der Waals surface area contributed by atoms with Crippen molar-refractivity contribution in [2.24, 2.45) is 0 Å². The SMILES string of the molecule is Nc1[nH]c(=O)c(C(=O)O)c(-c2ccc(-n3cncn3)cc2)c1C(=O)O. The van der Waals surface area contributed by atoms with E-state index in [0.29, 0.717) is 5.69 Å². The largest absolute Gasteiger partial charge is 0.478 e. The molecule has 0 saturated carbocycles. The van der Waals surface area contributed by atoms with E-state index in [1.54, 1.807) is 12.1 Å². The summed E-state index contributed by atoms with van der Waals surface area (Å²) in [4.78, 5) is 40.9. The number of pyridine rings is 1. The normalized spacial score (nSPS) is 10.6. The van der Waals surface area contributed by atoms with Gasteiger partial charge >= 0.3 is 11.9 Å². The standard InChI is InChI=1S/C15H11N5O5/c16-12-10(14(22)23)9(11(15(24)25)13(21)19-12)7-1-3-8(4-2-7)20-6-17-5-18-20/h1-6H,(H,22,23)(H,24,25)(H3,16,19,21). The second-order valence-electron chi connectivity index (χ2n) is 4.99. The highest BCUT2D eigenvalue weighted by Gasteiger charge is 2.26. The van der Waals surface area contributed by atoms with Crippen molar-refractivity contribution in [1.29, 1.82) is 0 Å². The fraction of sp³-hybridized carbons (Fsp3) is 0. The Kier molecular flexibility index (Phi) is 3.77. The highest BCUT2D eigenvalue weighted by molar-refractivity contribution is 6.07. The Morgan fingerprint density at radius 1 is 1.08 bits per heavy atom. The number of anilines is 1. The number of carbonyl (C=O) groups is 2. The van der Waals surface area contributed by atoms with Crippen molar-refractivity contribution in [3.63, 3.8) is 0 Å². The molecule has 2 aromatic heterocycles. The molecule has 5 N–H and O–H groups in total. The maximum atomic E-state index is 12.0. The van der Waals surface area contributed by atoms with Crippen molar-refractivity contribution in [3.8, 4) is 16.8 Å². The molecular formula is C15H11N5O5. The molecule has 1 aromatic carbocycles. The van der Waals surface area contributed by atoms with E-state index in [0.717, 1.165) is 0 Å². The number of nitrogens with two attached hydrogens (primary N) is 1. The van der Waals surface area contributed by atoms with Crippen LogP contribution in [-0.4, -0.2) is 41.9 Å². The minimum absolute atomic E-state index is 0.219. The summed E-state index contributed by atoms with van der Waals surface area (Å²) in [5, 5.41) is 22.7. The molecule has 2 heterocycles. The van der Waals surface area contributed by atoms with Gasteiger partial charge in [-0.15, -0.1) is 0 Å². The van der Waals surface area contributed by atoms with Crippen molar-refractivity contribution in [3.05, 3.63) is 58.4 Å². The molecule has 10 nitrogen and oxygen atoms in total. The molecule has 0 aliphatic carbocycles. The Balaban J connectivity index is 2.27. The Hall–Kier alpha value is -3.95. The van der Waals surface area contributed by atoms with Crippen LogP contribution in [0.4, 0.5) is 5.82 Å². The lowest BCUT2D eigenvalue weighted by Gasteiger charge is -2.12. The number of hydrogen-bond donors (Lipinski definition) is 4. The zero-order chi connectivity index (χ0) is 18.1. The smallest absolute Gasteiger partial charge is 0.342 e. The molecule has 0 amide bonds.